The SMILES string of the molecule is C[C@@H]1CC[C@]2(O)O[C@@H]3C[C@@]4(CO)[C@@H](CC[C@@H]5[C@@H]4CC[C@]4(C)[C@@H](C6=CC(=O)OC6)CC[C@]54O)C[C@H]3O[C@@H]2O1. The van der Waals surface area contributed by atoms with E-state index in [1.165, 1.54) is 0 Å². The molecule has 0 aromatic heterocycles. The molecule has 8 heteroatoms. The zero-order valence-electron chi connectivity index (χ0n) is 22.1. The molecule has 206 valence electrons. The monoisotopic (exact) mass is 518 g/mol. The summed E-state index contributed by atoms with van der Waals surface area (Å²) >= 11 is 0. The Bertz CT molecular complexity index is 998. The van der Waals surface area contributed by atoms with E-state index in [2.05, 4.69) is 6.92 Å². The molecule has 3 N–H and O–H groups in total. The maximum atomic E-state index is 12.5. The van der Waals surface area contributed by atoms with Gasteiger partial charge in [-0.15, -0.1) is 0 Å². The molecular weight excluding hydrogens is 476 g/mol. The van der Waals surface area contributed by atoms with Crippen LogP contribution < -0.4 is 0 Å². The quantitative estimate of drug-likeness (QED) is 0.378. The van der Waals surface area contributed by atoms with Gasteiger partial charge in [-0.3, -0.25) is 0 Å². The molecule has 7 aliphatic rings. The summed E-state index contributed by atoms with van der Waals surface area (Å²) in [6.07, 6.45) is 8.31. The highest BCUT2D eigenvalue weighted by atomic mass is 16.8. The van der Waals surface area contributed by atoms with Crippen molar-refractivity contribution in [3.8, 4) is 0 Å². The lowest BCUT2D eigenvalue weighted by atomic mass is 9.42. The van der Waals surface area contributed by atoms with Gasteiger partial charge in [0.15, 0.2) is 0 Å². The average Bonchev–Trinajstić information content (AvgIpc) is 3.41. The molecule has 0 amide bonds. The molecule has 6 fully saturated rings. The normalized spacial score (nSPS) is 56.8. The highest BCUT2D eigenvalue weighted by Gasteiger charge is 2.70. The first-order valence-corrected chi connectivity index (χ1v) is 14.5. The van der Waals surface area contributed by atoms with Crippen LogP contribution in [-0.4, -0.2) is 70.5 Å². The van der Waals surface area contributed by atoms with Gasteiger partial charge in [0.05, 0.1) is 23.9 Å². The van der Waals surface area contributed by atoms with E-state index in [0.717, 1.165) is 50.5 Å². The number of cyclic esters (lactones) is 1. The van der Waals surface area contributed by atoms with Crippen LogP contribution in [-0.2, 0) is 23.7 Å². The van der Waals surface area contributed by atoms with E-state index in [0.29, 0.717) is 25.9 Å². The van der Waals surface area contributed by atoms with Crippen LogP contribution >= 0.6 is 0 Å². The Morgan fingerprint density at radius 1 is 1.00 bits per heavy atom. The smallest absolute Gasteiger partial charge is 0.331 e. The second kappa shape index (κ2) is 8.24. The van der Waals surface area contributed by atoms with Gasteiger partial charge in [-0.25, -0.2) is 4.79 Å². The maximum Gasteiger partial charge on any atom is 0.331 e. The Morgan fingerprint density at radius 2 is 1.84 bits per heavy atom. The first-order valence-electron chi connectivity index (χ1n) is 14.5. The predicted octanol–water partition coefficient (Wildman–Crippen LogP) is 2.82. The Balaban J connectivity index is 1.17. The van der Waals surface area contributed by atoms with Gasteiger partial charge in [-0.05, 0) is 94.0 Å². The number of carbonyl (C=O) groups excluding carboxylic acids is 1. The van der Waals surface area contributed by atoms with E-state index in [9.17, 15) is 20.1 Å². The fourth-order valence-electron chi connectivity index (χ4n) is 10.3. The summed E-state index contributed by atoms with van der Waals surface area (Å²) in [6, 6.07) is 0. The van der Waals surface area contributed by atoms with Crippen LogP contribution in [0.1, 0.15) is 78.1 Å². The summed E-state index contributed by atoms with van der Waals surface area (Å²) in [5.74, 6) is -1.00. The number of ether oxygens (including phenoxy) is 4. The molecule has 0 unspecified atom stereocenters. The summed E-state index contributed by atoms with van der Waals surface area (Å²) in [7, 11) is 0. The van der Waals surface area contributed by atoms with Crippen LogP contribution in [0.3, 0.4) is 0 Å². The number of carbonyl (C=O) groups is 1. The number of esters is 1. The van der Waals surface area contributed by atoms with Crippen LogP contribution in [0.15, 0.2) is 11.6 Å². The molecule has 7 rings (SSSR count). The molecule has 12 atom stereocenters. The zero-order valence-corrected chi connectivity index (χ0v) is 22.1. The first kappa shape index (κ1) is 25.0. The molecule has 4 aliphatic carbocycles. The summed E-state index contributed by atoms with van der Waals surface area (Å²) in [5.41, 5.74) is -0.470. The second-order valence-electron chi connectivity index (χ2n) is 13.6. The average molecular weight is 519 g/mol. The minimum Gasteiger partial charge on any atom is -0.458 e. The zero-order chi connectivity index (χ0) is 25.8. The molecule has 4 saturated carbocycles. The lowest BCUT2D eigenvalue weighted by Crippen LogP contribution is -2.68. The standard InChI is InChI=1S/C29H42O8/c1-16-5-10-29(33)25(35-16)36-22-12-18-3-4-21-20(27(18,15-30)13-23(22)37-29)6-8-26(2)19(7-9-28(21,26)32)17-11-24(31)34-14-17/h11,16,18-23,25,30,32-33H,3-10,12-15H2,1-2H3/t16-,18+,19-,20+,21-,22-,23-,25+,26-,27-,28+,29+/m1/s1. The van der Waals surface area contributed by atoms with Crippen LogP contribution in [0.4, 0.5) is 0 Å². The topological polar surface area (TPSA) is 115 Å². The van der Waals surface area contributed by atoms with Gasteiger partial charge in [0.2, 0.25) is 12.1 Å². The molecule has 0 radical (unpaired) electrons. The highest BCUT2D eigenvalue weighted by molar-refractivity contribution is 5.85. The molecule has 37 heavy (non-hydrogen) atoms. The van der Waals surface area contributed by atoms with Gasteiger partial charge in [0, 0.05) is 29.9 Å². The summed E-state index contributed by atoms with van der Waals surface area (Å²) in [4.78, 5) is 11.8. The van der Waals surface area contributed by atoms with E-state index >= 15 is 0 Å². The summed E-state index contributed by atoms with van der Waals surface area (Å²) in [6.45, 7) is 4.62. The molecule has 3 heterocycles. The molecule has 3 aliphatic heterocycles. The van der Waals surface area contributed by atoms with Crippen molar-refractivity contribution < 1.29 is 39.1 Å². The lowest BCUT2D eigenvalue weighted by Gasteiger charge is -2.65. The first-order chi connectivity index (χ1) is 17.6. The number of fused-ring (bicyclic) bond motifs is 7. The summed E-state index contributed by atoms with van der Waals surface area (Å²) < 4.78 is 23.9. The molecule has 0 aromatic rings. The molecule has 0 bridgehead atoms. The van der Waals surface area contributed by atoms with Gasteiger partial charge in [-0.2, -0.15) is 0 Å². The third kappa shape index (κ3) is 3.32. The lowest BCUT2D eigenvalue weighted by molar-refractivity contribution is -0.439. The highest BCUT2D eigenvalue weighted by Crippen LogP contribution is 2.70. The van der Waals surface area contributed by atoms with Gasteiger partial charge >= 0.3 is 5.97 Å². The van der Waals surface area contributed by atoms with Gasteiger partial charge in [0.25, 0.3) is 0 Å². The Kier molecular flexibility index (Phi) is 5.56. The van der Waals surface area contributed by atoms with Crippen LogP contribution in [0, 0.1) is 34.5 Å². The van der Waals surface area contributed by atoms with Crippen molar-refractivity contribution in [2.75, 3.05) is 13.2 Å². The number of rotatable bonds is 2. The van der Waals surface area contributed by atoms with Crippen molar-refractivity contribution in [2.45, 2.75) is 114 Å². The van der Waals surface area contributed by atoms with Gasteiger partial charge < -0.3 is 34.3 Å². The largest absolute Gasteiger partial charge is 0.458 e. The van der Waals surface area contributed by atoms with E-state index in [4.69, 9.17) is 18.9 Å². The molecule has 8 nitrogen and oxygen atoms in total. The third-order valence-corrected chi connectivity index (χ3v) is 12.2. The van der Waals surface area contributed by atoms with Crippen molar-refractivity contribution in [3.63, 3.8) is 0 Å². The van der Waals surface area contributed by atoms with Crippen molar-refractivity contribution in [2.24, 2.45) is 34.5 Å². The number of hydrogen-bond acceptors (Lipinski definition) is 8. The fraction of sp³-hybridized carbons (Fsp3) is 0.897. The van der Waals surface area contributed by atoms with Crippen LogP contribution in [0.5, 0.6) is 0 Å². The maximum absolute atomic E-state index is 12.5. The van der Waals surface area contributed by atoms with Crippen molar-refractivity contribution >= 4 is 5.97 Å². The summed E-state index contributed by atoms with van der Waals surface area (Å²) in [5, 5.41) is 34.8. The number of aliphatic hydroxyl groups is 3. The number of aliphatic hydroxyl groups excluding tert-OH is 1. The van der Waals surface area contributed by atoms with Crippen molar-refractivity contribution in [3.05, 3.63) is 11.6 Å². The van der Waals surface area contributed by atoms with E-state index < -0.39 is 17.7 Å². The van der Waals surface area contributed by atoms with Crippen LogP contribution in [0.2, 0.25) is 0 Å². The van der Waals surface area contributed by atoms with E-state index in [1.54, 1.807) is 6.08 Å². The van der Waals surface area contributed by atoms with Gasteiger partial charge in [0.1, 0.15) is 6.61 Å². The van der Waals surface area contributed by atoms with E-state index in [-0.39, 0.29) is 65.4 Å². The predicted molar refractivity (Wildman–Crippen MR) is 131 cm³/mol. The van der Waals surface area contributed by atoms with Crippen molar-refractivity contribution in [1.29, 1.82) is 0 Å². The van der Waals surface area contributed by atoms with Gasteiger partial charge in [-0.1, -0.05) is 6.92 Å². The second-order valence-corrected chi connectivity index (χ2v) is 13.6. The van der Waals surface area contributed by atoms with Crippen molar-refractivity contribution in [1.82, 2.24) is 0 Å². The molecule has 2 saturated heterocycles. The third-order valence-electron chi connectivity index (χ3n) is 12.2. The molecular formula is C29H42O8. The minimum atomic E-state index is -1.44. The molecule has 0 spiro atoms. The van der Waals surface area contributed by atoms with E-state index in [1.807, 2.05) is 6.92 Å². The number of hydrogen-bond donors (Lipinski definition) is 3. The molecule has 0 aromatic carbocycles. The Hall–Kier alpha value is -1.03. The Morgan fingerprint density at radius 3 is 2.59 bits per heavy atom. The fourth-order valence-corrected chi connectivity index (χ4v) is 10.3. The van der Waals surface area contributed by atoms with Crippen LogP contribution in [0.25, 0.3) is 0 Å². The minimum absolute atomic E-state index is 0.0261. The Labute approximate surface area is 218 Å².